The van der Waals surface area contributed by atoms with Crippen molar-refractivity contribution in [2.24, 2.45) is 5.92 Å². The molecule has 2 atom stereocenters. The van der Waals surface area contributed by atoms with Gasteiger partial charge in [0.1, 0.15) is 0 Å². The van der Waals surface area contributed by atoms with Gasteiger partial charge in [0.2, 0.25) is 0 Å². The molecule has 0 fully saturated rings. The third kappa shape index (κ3) is 4.06. The number of hydrogen-bond donors (Lipinski definition) is 1. The third-order valence-corrected chi connectivity index (χ3v) is 4.16. The molecule has 0 saturated carbocycles. The predicted octanol–water partition coefficient (Wildman–Crippen LogP) is 3.84. The summed E-state index contributed by atoms with van der Waals surface area (Å²) in [5.74, 6) is 1.05. The first-order chi connectivity index (χ1) is 7.15. The third-order valence-electron chi connectivity index (χ3n) is 2.55. The SMILES string of the molecule is CCC(C)C(O)CSc1ccccc1Cl. The van der Waals surface area contributed by atoms with Crippen LogP contribution in [-0.2, 0) is 0 Å². The quantitative estimate of drug-likeness (QED) is 0.795. The fraction of sp³-hybridized carbons (Fsp3) is 0.500. The first-order valence-corrected chi connectivity index (χ1v) is 6.57. The van der Waals surface area contributed by atoms with Gasteiger partial charge in [0.15, 0.2) is 0 Å². The summed E-state index contributed by atoms with van der Waals surface area (Å²) >= 11 is 7.64. The molecular weight excluding hydrogens is 228 g/mol. The number of benzene rings is 1. The highest BCUT2D eigenvalue weighted by atomic mass is 35.5. The Hall–Kier alpha value is -0.180. The molecule has 0 bridgehead atoms. The Kier molecular flexibility index (Phi) is 5.51. The summed E-state index contributed by atoms with van der Waals surface area (Å²) in [6.45, 7) is 4.16. The van der Waals surface area contributed by atoms with Crippen molar-refractivity contribution in [3.8, 4) is 0 Å². The van der Waals surface area contributed by atoms with Crippen LogP contribution in [0, 0.1) is 5.92 Å². The minimum Gasteiger partial charge on any atom is -0.392 e. The number of hydrogen-bond acceptors (Lipinski definition) is 2. The summed E-state index contributed by atoms with van der Waals surface area (Å²) in [5, 5.41) is 10.6. The minimum atomic E-state index is -0.253. The second-order valence-electron chi connectivity index (χ2n) is 3.69. The van der Waals surface area contributed by atoms with E-state index < -0.39 is 0 Å². The molecule has 84 valence electrons. The summed E-state index contributed by atoms with van der Waals surface area (Å²) in [7, 11) is 0. The highest BCUT2D eigenvalue weighted by Crippen LogP contribution is 2.28. The Balaban J connectivity index is 2.47. The lowest BCUT2D eigenvalue weighted by atomic mass is 10.0. The Bertz CT molecular complexity index is 303. The second kappa shape index (κ2) is 6.41. The van der Waals surface area contributed by atoms with Gasteiger partial charge in [-0.05, 0) is 18.1 Å². The first kappa shape index (κ1) is 12.9. The van der Waals surface area contributed by atoms with Crippen LogP contribution in [0.25, 0.3) is 0 Å². The first-order valence-electron chi connectivity index (χ1n) is 5.20. The van der Waals surface area contributed by atoms with Gasteiger partial charge in [-0.1, -0.05) is 44.0 Å². The zero-order valence-electron chi connectivity index (χ0n) is 9.11. The van der Waals surface area contributed by atoms with E-state index in [9.17, 15) is 5.11 Å². The normalized spacial score (nSPS) is 14.9. The number of aliphatic hydroxyl groups excluding tert-OH is 1. The van der Waals surface area contributed by atoms with Gasteiger partial charge >= 0.3 is 0 Å². The molecule has 0 amide bonds. The summed E-state index contributed by atoms with van der Waals surface area (Å²) in [5.41, 5.74) is 0. The van der Waals surface area contributed by atoms with Crippen molar-refractivity contribution in [2.45, 2.75) is 31.3 Å². The van der Waals surface area contributed by atoms with Crippen molar-refractivity contribution < 1.29 is 5.11 Å². The second-order valence-corrected chi connectivity index (χ2v) is 5.16. The Morgan fingerprint density at radius 3 is 2.67 bits per heavy atom. The Labute approximate surface area is 101 Å². The fourth-order valence-electron chi connectivity index (χ4n) is 1.17. The zero-order chi connectivity index (χ0) is 11.3. The van der Waals surface area contributed by atoms with Crippen LogP contribution in [-0.4, -0.2) is 17.0 Å². The van der Waals surface area contributed by atoms with Crippen LogP contribution in [0.15, 0.2) is 29.2 Å². The van der Waals surface area contributed by atoms with Gasteiger partial charge in [0, 0.05) is 10.6 Å². The molecule has 1 rings (SSSR count). The molecule has 0 aliphatic rings. The van der Waals surface area contributed by atoms with Crippen molar-refractivity contribution in [1.82, 2.24) is 0 Å². The summed E-state index contributed by atoms with van der Waals surface area (Å²) < 4.78 is 0. The van der Waals surface area contributed by atoms with E-state index in [-0.39, 0.29) is 6.10 Å². The van der Waals surface area contributed by atoms with Crippen LogP contribution in [0.5, 0.6) is 0 Å². The van der Waals surface area contributed by atoms with Gasteiger partial charge in [0.05, 0.1) is 11.1 Å². The number of halogens is 1. The molecule has 0 aliphatic heterocycles. The monoisotopic (exact) mass is 244 g/mol. The van der Waals surface area contributed by atoms with E-state index in [0.29, 0.717) is 11.7 Å². The molecule has 1 aromatic rings. The molecule has 0 saturated heterocycles. The molecule has 0 aliphatic carbocycles. The highest BCUT2D eigenvalue weighted by molar-refractivity contribution is 7.99. The van der Waals surface area contributed by atoms with Gasteiger partial charge in [-0.25, -0.2) is 0 Å². The number of thioether (sulfide) groups is 1. The zero-order valence-corrected chi connectivity index (χ0v) is 10.7. The van der Waals surface area contributed by atoms with Crippen molar-refractivity contribution in [2.75, 3.05) is 5.75 Å². The molecule has 0 aromatic heterocycles. The lowest BCUT2D eigenvalue weighted by Crippen LogP contribution is -2.19. The average Bonchev–Trinajstić information content (AvgIpc) is 2.26. The van der Waals surface area contributed by atoms with E-state index in [2.05, 4.69) is 13.8 Å². The lowest BCUT2D eigenvalue weighted by Gasteiger charge is -2.16. The standard InChI is InChI=1S/C12H17ClOS/c1-3-9(2)11(14)8-15-12-7-5-4-6-10(12)13/h4-7,9,11,14H,3,8H2,1-2H3. The van der Waals surface area contributed by atoms with Crippen LogP contribution in [0.2, 0.25) is 5.02 Å². The molecule has 15 heavy (non-hydrogen) atoms. The Morgan fingerprint density at radius 1 is 1.40 bits per heavy atom. The summed E-state index contributed by atoms with van der Waals surface area (Å²) in [6.07, 6.45) is 0.751. The molecule has 1 nitrogen and oxygen atoms in total. The molecule has 1 N–H and O–H groups in total. The molecule has 0 heterocycles. The van der Waals surface area contributed by atoms with E-state index in [4.69, 9.17) is 11.6 Å². The van der Waals surface area contributed by atoms with Crippen molar-refractivity contribution >= 4 is 23.4 Å². The van der Waals surface area contributed by atoms with Crippen LogP contribution < -0.4 is 0 Å². The van der Waals surface area contributed by atoms with E-state index in [1.165, 1.54) is 0 Å². The van der Waals surface area contributed by atoms with Gasteiger partial charge in [-0.15, -0.1) is 11.8 Å². The maximum atomic E-state index is 9.81. The van der Waals surface area contributed by atoms with Crippen molar-refractivity contribution in [3.05, 3.63) is 29.3 Å². The molecular formula is C12H17ClOS. The van der Waals surface area contributed by atoms with E-state index in [1.54, 1.807) is 11.8 Å². The average molecular weight is 245 g/mol. The molecule has 2 unspecified atom stereocenters. The molecule has 0 radical (unpaired) electrons. The fourth-order valence-corrected chi connectivity index (χ4v) is 2.53. The highest BCUT2D eigenvalue weighted by Gasteiger charge is 2.12. The van der Waals surface area contributed by atoms with Crippen molar-refractivity contribution in [1.29, 1.82) is 0 Å². The minimum absolute atomic E-state index is 0.253. The van der Waals surface area contributed by atoms with Gasteiger partial charge < -0.3 is 5.11 Å². The van der Waals surface area contributed by atoms with Crippen molar-refractivity contribution in [3.63, 3.8) is 0 Å². The van der Waals surface area contributed by atoms with E-state index >= 15 is 0 Å². The van der Waals surface area contributed by atoms with Crippen LogP contribution in [0.1, 0.15) is 20.3 Å². The van der Waals surface area contributed by atoms with Crippen LogP contribution >= 0.6 is 23.4 Å². The molecule has 0 spiro atoms. The summed E-state index contributed by atoms with van der Waals surface area (Å²) in [6, 6.07) is 7.73. The largest absolute Gasteiger partial charge is 0.392 e. The maximum absolute atomic E-state index is 9.81. The molecule has 3 heteroatoms. The molecule has 1 aromatic carbocycles. The number of rotatable bonds is 5. The smallest absolute Gasteiger partial charge is 0.0659 e. The summed E-state index contributed by atoms with van der Waals surface area (Å²) in [4.78, 5) is 1.04. The predicted molar refractivity (Wildman–Crippen MR) is 67.6 cm³/mol. The van der Waals surface area contributed by atoms with Crippen LogP contribution in [0.4, 0.5) is 0 Å². The maximum Gasteiger partial charge on any atom is 0.0659 e. The van der Waals surface area contributed by atoms with Gasteiger partial charge in [0.25, 0.3) is 0 Å². The topological polar surface area (TPSA) is 20.2 Å². The lowest BCUT2D eigenvalue weighted by molar-refractivity contribution is 0.137. The Morgan fingerprint density at radius 2 is 2.07 bits per heavy atom. The van der Waals surface area contributed by atoms with Gasteiger partial charge in [-0.2, -0.15) is 0 Å². The number of aliphatic hydroxyl groups is 1. The van der Waals surface area contributed by atoms with E-state index in [0.717, 1.165) is 16.3 Å². The van der Waals surface area contributed by atoms with E-state index in [1.807, 2.05) is 24.3 Å². The van der Waals surface area contributed by atoms with Crippen LogP contribution in [0.3, 0.4) is 0 Å². The van der Waals surface area contributed by atoms with Gasteiger partial charge in [-0.3, -0.25) is 0 Å².